The van der Waals surface area contributed by atoms with Crippen LogP contribution in [-0.4, -0.2) is 38.4 Å². The number of urea groups is 1. The summed E-state index contributed by atoms with van der Waals surface area (Å²) >= 11 is 0. The van der Waals surface area contributed by atoms with Crippen molar-refractivity contribution >= 4 is 16.8 Å². The molecule has 3 atom stereocenters. The van der Waals surface area contributed by atoms with Gasteiger partial charge in [-0.2, -0.15) is 5.12 Å². The molecular formula is C20H37FN2O2S. The van der Waals surface area contributed by atoms with E-state index in [0.29, 0.717) is 10.9 Å². The highest BCUT2D eigenvalue weighted by atomic mass is 32.2. The number of nitrogens with zero attached hydrogens (tertiary/aromatic N) is 1. The Bertz CT molecular complexity index is 449. The molecule has 3 unspecified atom stereocenters. The van der Waals surface area contributed by atoms with E-state index in [1.54, 1.807) is 0 Å². The van der Waals surface area contributed by atoms with Gasteiger partial charge in [0.1, 0.15) is 0 Å². The molecule has 1 N–H and O–H groups in total. The van der Waals surface area contributed by atoms with Crippen LogP contribution >= 0.6 is 0 Å². The zero-order valence-electron chi connectivity index (χ0n) is 16.6. The lowest BCUT2D eigenvalue weighted by Gasteiger charge is -2.29. The first kappa shape index (κ1) is 21.6. The van der Waals surface area contributed by atoms with Crippen molar-refractivity contribution in [2.75, 3.05) is 5.75 Å². The molecule has 4 nitrogen and oxygen atoms in total. The highest BCUT2D eigenvalue weighted by molar-refractivity contribution is 7.85. The normalized spacial score (nSPS) is 23.2. The first-order valence-corrected chi connectivity index (χ1v) is 12.0. The van der Waals surface area contributed by atoms with Gasteiger partial charge < -0.3 is 5.32 Å². The van der Waals surface area contributed by atoms with Crippen LogP contribution in [0.5, 0.6) is 0 Å². The van der Waals surface area contributed by atoms with Gasteiger partial charge in [0.05, 0.1) is 6.04 Å². The van der Waals surface area contributed by atoms with Crippen LogP contribution in [0.3, 0.4) is 0 Å². The Balaban J connectivity index is 1.87. The second kappa shape index (κ2) is 11.3. The summed E-state index contributed by atoms with van der Waals surface area (Å²) in [7, 11) is -0.930. The predicted molar refractivity (Wildman–Crippen MR) is 106 cm³/mol. The summed E-state index contributed by atoms with van der Waals surface area (Å²) in [6.07, 6.45) is 12.7. The van der Waals surface area contributed by atoms with Crippen LogP contribution in [0.1, 0.15) is 90.9 Å². The maximum atomic E-state index is 14.7. The monoisotopic (exact) mass is 388 g/mol. The number of carbonyl (C=O) groups is 1. The SMILES string of the molecule is CCCC(CS(=O)C1CCCC1)NC(=O)N(F)C(C)C1CCCCCC1. The molecule has 0 heterocycles. The fourth-order valence-electron chi connectivity index (χ4n) is 4.43. The molecule has 2 saturated carbocycles. The molecule has 0 saturated heterocycles. The molecule has 2 rings (SSSR count). The van der Waals surface area contributed by atoms with E-state index in [-0.39, 0.29) is 17.2 Å². The minimum atomic E-state index is -0.930. The van der Waals surface area contributed by atoms with Gasteiger partial charge in [-0.1, -0.05) is 56.4 Å². The van der Waals surface area contributed by atoms with Crippen molar-refractivity contribution in [3.63, 3.8) is 0 Å². The highest BCUT2D eigenvalue weighted by Crippen LogP contribution is 2.28. The van der Waals surface area contributed by atoms with Crippen LogP contribution in [0.25, 0.3) is 0 Å². The highest BCUT2D eigenvalue weighted by Gasteiger charge is 2.30. The number of hydrogen-bond donors (Lipinski definition) is 1. The minimum absolute atomic E-state index is 0.200. The van der Waals surface area contributed by atoms with Crippen molar-refractivity contribution in [1.29, 1.82) is 0 Å². The van der Waals surface area contributed by atoms with Crippen molar-refractivity contribution in [1.82, 2.24) is 10.4 Å². The molecule has 26 heavy (non-hydrogen) atoms. The summed E-state index contributed by atoms with van der Waals surface area (Å²) in [4.78, 5) is 12.4. The van der Waals surface area contributed by atoms with E-state index in [1.165, 1.54) is 12.8 Å². The summed E-state index contributed by atoms with van der Waals surface area (Å²) in [5, 5.41) is 3.49. The van der Waals surface area contributed by atoms with Crippen LogP contribution < -0.4 is 5.32 Å². The molecular weight excluding hydrogens is 351 g/mol. The Hall–Kier alpha value is -0.650. The van der Waals surface area contributed by atoms with Crippen LogP contribution in [0.4, 0.5) is 9.28 Å². The van der Waals surface area contributed by atoms with E-state index in [0.717, 1.165) is 64.2 Å². The number of amides is 2. The zero-order chi connectivity index (χ0) is 18.9. The van der Waals surface area contributed by atoms with Gasteiger partial charge in [0.25, 0.3) is 0 Å². The molecule has 152 valence electrons. The van der Waals surface area contributed by atoms with Gasteiger partial charge in [-0.25, -0.2) is 4.79 Å². The summed E-state index contributed by atoms with van der Waals surface area (Å²) < 4.78 is 27.2. The third-order valence-corrected chi connectivity index (χ3v) is 8.08. The van der Waals surface area contributed by atoms with Crippen molar-refractivity contribution < 1.29 is 13.5 Å². The van der Waals surface area contributed by atoms with Gasteiger partial charge in [-0.3, -0.25) is 4.21 Å². The van der Waals surface area contributed by atoms with Crippen molar-refractivity contribution in [3.8, 4) is 0 Å². The third-order valence-electron chi connectivity index (χ3n) is 6.14. The van der Waals surface area contributed by atoms with Gasteiger partial charge in [-0.05, 0) is 44.9 Å². The van der Waals surface area contributed by atoms with Crippen molar-refractivity contribution in [2.24, 2.45) is 5.92 Å². The summed E-state index contributed by atoms with van der Waals surface area (Å²) in [6.45, 7) is 3.86. The number of rotatable bonds is 8. The lowest BCUT2D eigenvalue weighted by atomic mass is 9.93. The van der Waals surface area contributed by atoms with Crippen LogP contribution in [-0.2, 0) is 10.8 Å². The molecule has 0 aromatic carbocycles. The van der Waals surface area contributed by atoms with Crippen LogP contribution in [0.2, 0.25) is 0 Å². The first-order valence-electron chi connectivity index (χ1n) is 10.7. The second-order valence-electron chi connectivity index (χ2n) is 8.19. The zero-order valence-corrected chi connectivity index (χ0v) is 17.4. The van der Waals surface area contributed by atoms with E-state index in [4.69, 9.17) is 0 Å². The Morgan fingerprint density at radius 3 is 2.27 bits per heavy atom. The molecule has 0 spiro atoms. The fourth-order valence-corrected chi connectivity index (χ4v) is 6.21. The van der Waals surface area contributed by atoms with E-state index < -0.39 is 22.9 Å². The molecule has 2 aliphatic rings. The predicted octanol–water partition coefficient (Wildman–Crippen LogP) is 5.10. The van der Waals surface area contributed by atoms with Gasteiger partial charge in [0, 0.05) is 27.8 Å². The third kappa shape index (κ3) is 6.50. The molecule has 0 radical (unpaired) electrons. The maximum Gasteiger partial charge on any atom is 0.345 e. The Kier molecular flexibility index (Phi) is 9.37. The molecule has 6 heteroatoms. The topological polar surface area (TPSA) is 49.4 Å². The van der Waals surface area contributed by atoms with Gasteiger partial charge >= 0.3 is 6.03 Å². The van der Waals surface area contributed by atoms with Gasteiger partial charge in [0.15, 0.2) is 0 Å². The molecule has 0 aromatic heterocycles. The van der Waals surface area contributed by atoms with Crippen molar-refractivity contribution in [3.05, 3.63) is 0 Å². The number of halogens is 1. The molecule has 2 amide bonds. The molecule has 0 aliphatic heterocycles. The standard InChI is InChI=1S/C20H37FN2O2S/c1-3-10-18(15-26(25)19-13-8-9-14-19)22-20(24)23(21)16(2)17-11-6-4-5-7-12-17/h16-19H,3-15H2,1-2H3,(H,22,24). The summed E-state index contributed by atoms with van der Waals surface area (Å²) in [5.41, 5.74) is 0. The Morgan fingerprint density at radius 2 is 1.69 bits per heavy atom. The Morgan fingerprint density at radius 1 is 1.12 bits per heavy atom. The lowest BCUT2D eigenvalue weighted by molar-refractivity contribution is 0.00323. The van der Waals surface area contributed by atoms with Gasteiger partial charge in [0.2, 0.25) is 0 Å². The molecule has 0 aromatic rings. The lowest BCUT2D eigenvalue weighted by Crippen LogP contribution is -2.48. The molecule has 2 aliphatic carbocycles. The second-order valence-corrected chi connectivity index (χ2v) is 9.95. The fraction of sp³-hybridized carbons (Fsp3) is 0.950. The van der Waals surface area contributed by atoms with E-state index >= 15 is 0 Å². The summed E-state index contributed by atoms with van der Waals surface area (Å²) in [5.74, 6) is 0.695. The van der Waals surface area contributed by atoms with E-state index in [2.05, 4.69) is 5.32 Å². The van der Waals surface area contributed by atoms with Gasteiger partial charge in [-0.15, -0.1) is 0 Å². The molecule has 2 fully saturated rings. The smallest absolute Gasteiger partial charge is 0.332 e. The van der Waals surface area contributed by atoms with E-state index in [9.17, 15) is 13.5 Å². The largest absolute Gasteiger partial charge is 0.345 e. The average molecular weight is 389 g/mol. The van der Waals surface area contributed by atoms with Crippen LogP contribution in [0.15, 0.2) is 0 Å². The van der Waals surface area contributed by atoms with E-state index in [1.807, 2.05) is 13.8 Å². The summed E-state index contributed by atoms with van der Waals surface area (Å²) in [6, 6.07) is -1.24. The number of nitrogens with one attached hydrogen (secondary N) is 1. The Labute approximate surface area is 161 Å². The average Bonchev–Trinajstić information content (AvgIpc) is 3.03. The van der Waals surface area contributed by atoms with Crippen LogP contribution in [0, 0.1) is 5.92 Å². The maximum absolute atomic E-state index is 14.7. The minimum Gasteiger partial charge on any atom is -0.332 e. The quantitative estimate of drug-likeness (QED) is 0.464. The number of hydrogen-bond acceptors (Lipinski definition) is 2. The van der Waals surface area contributed by atoms with Crippen molar-refractivity contribution in [2.45, 2.75) is 108 Å². The number of carbonyl (C=O) groups excluding carboxylic acids is 1. The molecule has 0 bridgehead atoms. The first-order chi connectivity index (χ1) is 12.5.